The first kappa shape index (κ1) is 13.3. The first-order valence-corrected chi connectivity index (χ1v) is 4.58. The van der Waals surface area contributed by atoms with Crippen LogP contribution in [0.3, 0.4) is 0 Å². The summed E-state index contributed by atoms with van der Waals surface area (Å²) >= 11 is 0. The van der Waals surface area contributed by atoms with Gasteiger partial charge in [-0.3, -0.25) is 0 Å². The summed E-state index contributed by atoms with van der Waals surface area (Å²) in [4.78, 5) is 11.3. The third kappa shape index (κ3) is 4.29. The zero-order valence-electron chi connectivity index (χ0n) is 8.55. The summed E-state index contributed by atoms with van der Waals surface area (Å²) in [6.07, 6.45) is -5.66. The predicted molar refractivity (Wildman–Crippen MR) is 51.8 cm³/mol. The molecule has 0 unspecified atom stereocenters. The molecule has 0 bridgehead atoms. The molecule has 0 aliphatic heterocycles. The van der Waals surface area contributed by atoms with Crippen molar-refractivity contribution in [3.8, 4) is 0 Å². The highest BCUT2D eigenvalue weighted by Crippen LogP contribution is 2.20. The number of rotatable bonds is 3. The molecule has 1 rings (SSSR count). The smallest absolute Gasteiger partial charge is 0.392 e. The van der Waals surface area contributed by atoms with Gasteiger partial charge in [-0.25, -0.2) is 9.18 Å². The van der Waals surface area contributed by atoms with Gasteiger partial charge < -0.3 is 10.5 Å². The molecule has 0 aliphatic rings. The molecule has 0 amide bonds. The van der Waals surface area contributed by atoms with E-state index in [9.17, 15) is 22.4 Å². The number of hydrogen-bond donors (Lipinski definition) is 1. The highest BCUT2D eigenvalue weighted by atomic mass is 19.4. The van der Waals surface area contributed by atoms with Crippen molar-refractivity contribution in [1.82, 2.24) is 0 Å². The number of ether oxygens (including phenoxy) is 1. The van der Waals surface area contributed by atoms with Crippen LogP contribution in [0, 0.1) is 5.82 Å². The van der Waals surface area contributed by atoms with E-state index in [1.807, 2.05) is 0 Å². The minimum atomic E-state index is -4.41. The van der Waals surface area contributed by atoms with Crippen LogP contribution in [0.5, 0.6) is 0 Å². The number of hydrogen-bond acceptors (Lipinski definition) is 3. The topological polar surface area (TPSA) is 52.3 Å². The maximum absolute atomic E-state index is 12.8. The quantitative estimate of drug-likeness (QED) is 0.510. The van der Waals surface area contributed by atoms with Gasteiger partial charge in [0, 0.05) is 5.69 Å². The number of halogens is 4. The standard InChI is InChI=1S/C10H9F4NO2/c11-6-1-2-8(15)7(5-6)9(16)17-4-3-10(12,13)14/h1-2,5H,3-4,15H2. The number of carbonyl (C=O) groups is 1. The number of benzene rings is 1. The van der Waals surface area contributed by atoms with Crippen molar-refractivity contribution in [3.63, 3.8) is 0 Å². The lowest BCUT2D eigenvalue weighted by atomic mass is 10.2. The lowest BCUT2D eigenvalue weighted by Gasteiger charge is -2.08. The average molecular weight is 251 g/mol. The Morgan fingerprint density at radius 3 is 2.59 bits per heavy atom. The van der Waals surface area contributed by atoms with Crippen molar-refractivity contribution in [2.75, 3.05) is 12.3 Å². The molecule has 0 aromatic heterocycles. The van der Waals surface area contributed by atoms with Crippen LogP contribution in [-0.4, -0.2) is 18.8 Å². The summed E-state index contributed by atoms with van der Waals surface area (Å²) in [5.41, 5.74) is 5.02. The van der Waals surface area contributed by atoms with Gasteiger partial charge in [-0.05, 0) is 18.2 Å². The Balaban J connectivity index is 2.61. The first-order valence-electron chi connectivity index (χ1n) is 4.58. The Morgan fingerprint density at radius 2 is 2.00 bits per heavy atom. The molecule has 0 heterocycles. The van der Waals surface area contributed by atoms with Gasteiger partial charge in [-0.15, -0.1) is 0 Å². The average Bonchev–Trinajstić information content (AvgIpc) is 2.19. The van der Waals surface area contributed by atoms with Crippen LogP contribution in [0.1, 0.15) is 16.8 Å². The molecule has 0 fully saturated rings. The molecule has 2 N–H and O–H groups in total. The highest BCUT2D eigenvalue weighted by Gasteiger charge is 2.27. The summed E-state index contributed by atoms with van der Waals surface area (Å²) in [5.74, 6) is -1.80. The van der Waals surface area contributed by atoms with Crippen LogP contribution >= 0.6 is 0 Å². The highest BCUT2D eigenvalue weighted by molar-refractivity contribution is 5.95. The minimum Gasteiger partial charge on any atom is -0.462 e. The maximum Gasteiger partial charge on any atom is 0.392 e. The SMILES string of the molecule is Nc1ccc(F)cc1C(=O)OCCC(F)(F)F. The number of carbonyl (C=O) groups excluding carboxylic acids is 1. The lowest BCUT2D eigenvalue weighted by molar-refractivity contribution is -0.141. The van der Waals surface area contributed by atoms with E-state index < -0.39 is 31.0 Å². The lowest BCUT2D eigenvalue weighted by Crippen LogP contribution is -2.15. The Labute approximate surface area is 94.2 Å². The van der Waals surface area contributed by atoms with Crippen LogP contribution in [0.4, 0.5) is 23.2 Å². The summed E-state index contributed by atoms with van der Waals surface area (Å²) in [6.45, 7) is -0.821. The van der Waals surface area contributed by atoms with Crippen LogP contribution in [0.15, 0.2) is 18.2 Å². The van der Waals surface area contributed by atoms with E-state index in [1.54, 1.807) is 0 Å². The maximum atomic E-state index is 12.8. The van der Waals surface area contributed by atoms with Gasteiger partial charge in [0.2, 0.25) is 0 Å². The van der Waals surface area contributed by atoms with Crippen LogP contribution in [-0.2, 0) is 4.74 Å². The monoisotopic (exact) mass is 251 g/mol. The van der Waals surface area contributed by atoms with E-state index in [2.05, 4.69) is 4.74 Å². The summed E-state index contributed by atoms with van der Waals surface area (Å²) in [6, 6.07) is 2.97. The molecular formula is C10H9F4NO2. The predicted octanol–water partition coefficient (Wildman–Crippen LogP) is 2.52. The fourth-order valence-corrected chi connectivity index (χ4v) is 1.04. The van der Waals surface area contributed by atoms with Crippen molar-refractivity contribution >= 4 is 11.7 Å². The van der Waals surface area contributed by atoms with Crippen LogP contribution in [0.2, 0.25) is 0 Å². The largest absolute Gasteiger partial charge is 0.462 e. The zero-order valence-corrected chi connectivity index (χ0v) is 8.55. The Kier molecular flexibility index (Phi) is 3.93. The number of anilines is 1. The van der Waals surface area contributed by atoms with Crippen molar-refractivity contribution in [2.45, 2.75) is 12.6 Å². The second kappa shape index (κ2) is 5.03. The van der Waals surface area contributed by atoms with E-state index in [1.165, 1.54) is 0 Å². The van der Waals surface area contributed by atoms with E-state index >= 15 is 0 Å². The van der Waals surface area contributed by atoms with E-state index in [0.717, 1.165) is 18.2 Å². The first-order chi connectivity index (χ1) is 7.79. The normalized spacial score (nSPS) is 11.3. The molecule has 3 nitrogen and oxygen atoms in total. The summed E-state index contributed by atoms with van der Waals surface area (Å²) in [7, 11) is 0. The number of alkyl halides is 3. The number of nitrogen functional groups attached to an aromatic ring is 1. The molecule has 17 heavy (non-hydrogen) atoms. The molecule has 0 saturated carbocycles. The molecule has 0 aliphatic carbocycles. The fraction of sp³-hybridized carbons (Fsp3) is 0.300. The van der Waals surface area contributed by atoms with Crippen molar-refractivity contribution in [3.05, 3.63) is 29.6 Å². The van der Waals surface area contributed by atoms with Crippen LogP contribution < -0.4 is 5.73 Å². The van der Waals surface area contributed by atoms with Gasteiger partial charge in [0.25, 0.3) is 0 Å². The molecular weight excluding hydrogens is 242 g/mol. The number of esters is 1. The number of nitrogens with two attached hydrogens (primary N) is 1. The summed E-state index contributed by atoms with van der Waals surface area (Å²) in [5, 5.41) is 0. The Bertz CT molecular complexity index is 417. The van der Waals surface area contributed by atoms with E-state index in [-0.39, 0.29) is 11.3 Å². The molecule has 94 valence electrons. The molecule has 0 saturated heterocycles. The second-order valence-corrected chi connectivity index (χ2v) is 3.23. The molecule has 0 radical (unpaired) electrons. The molecule has 1 aromatic carbocycles. The summed E-state index contributed by atoms with van der Waals surface area (Å²) < 4.78 is 52.4. The third-order valence-electron chi connectivity index (χ3n) is 1.85. The van der Waals surface area contributed by atoms with Gasteiger partial charge >= 0.3 is 12.1 Å². The van der Waals surface area contributed by atoms with Gasteiger partial charge in [-0.1, -0.05) is 0 Å². The van der Waals surface area contributed by atoms with Crippen molar-refractivity contribution in [2.24, 2.45) is 0 Å². The zero-order chi connectivity index (χ0) is 13.1. The van der Waals surface area contributed by atoms with Gasteiger partial charge in [-0.2, -0.15) is 13.2 Å². The fourth-order valence-electron chi connectivity index (χ4n) is 1.04. The minimum absolute atomic E-state index is 0.0524. The second-order valence-electron chi connectivity index (χ2n) is 3.23. The van der Waals surface area contributed by atoms with Gasteiger partial charge in [0.05, 0.1) is 12.0 Å². The van der Waals surface area contributed by atoms with Crippen molar-refractivity contribution < 1.29 is 27.1 Å². The molecule has 0 atom stereocenters. The molecule has 7 heteroatoms. The van der Waals surface area contributed by atoms with Gasteiger partial charge in [0.1, 0.15) is 12.4 Å². The molecule has 1 aromatic rings. The Morgan fingerprint density at radius 1 is 1.35 bits per heavy atom. The third-order valence-corrected chi connectivity index (χ3v) is 1.85. The van der Waals surface area contributed by atoms with Gasteiger partial charge in [0.15, 0.2) is 0 Å². The Hall–Kier alpha value is -1.79. The van der Waals surface area contributed by atoms with E-state index in [4.69, 9.17) is 5.73 Å². The van der Waals surface area contributed by atoms with E-state index in [0.29, 0.717) is 0 Å². The molecule has 0 spiro atoms. The van der Waals surface area contributed by atoms with Crippen molar-refractivity contribution in [1.29, 1.82) is 0 Å². The van der Waals surface area contributed by atoms with Crippen LogP contribution in [0.25, 0.3) is 0 Å².